The zero-order valence-electron chi connectivity index (χ0n) is 21.5. The van der Waals surface area contributed by atoms with Crippen LogP contribution in [0, 0.1) is 23.2 Å². The molecule has 2 aliphatic carbocycles. The van der Waals surface area contributed by atoms with Gasteiger partial charge in [-0.1, -0.05) is 6.42 Å². The standard InChI is InChI=1S/C25H45BN2O4/c1-16(29)14-25(21(30)28-22(2,3)4)15-17-12-18(27)13-19(17)20(25)10-9-11-26-31-23(5,6)24(7,8)32-26/h17-20H,9-15,27H2,1-8H3,(H,28,30)/t17-,18?,19-,20?,25?/m1/s1. The van der Waals surface area contributed by atoms with Crippen molar-refractivity contribution in [1.82, 2.24) is 5.32 Å². The largest absolute Gasteiger partial charge is 0.457 e. The van der Waals surface area contributed by atoms with Crippen LogP contribution < -0.4 is 11.1 Å². The van der Waals surface area contributed by atoms with Crippen molar-refractivity contribution in [1.29, 1.82) is 0 Å². The van der Waals surface area contributed by atoms with Crippen LogP contribution in [0.4, 0.5) is 0 Å². The van der Waals surface area contributed by atoms with Gasteiger partial charge in [-0.15, -0.1) is 0 Å². The molecule has 0 spiro atoms. The Balaban J connectivity index is 1.78. The predicted molar refractivity (Wildman–Crippen MR) is 128 cm³/mol. The van der Waals surface area contributed by atoms with Gasteiger partial charge in [0, 0.05) is 18.0 Å². The van der Waals surface area contributed by atoms with Crippen molar-refractivity contribution in [2.75, 3.05) is 0 Å². The van der Waals surface area contributed by atoms with E-state index >= 15 is 0 Å². The molecule has 3 aliphatic rings. The zero-order chi connectivity index (χ0) is 24.1. The van der Waals surface area contributed by atoms with Crippen molar-refractivity contribution in [2.45, 2.75) is 123 Å². The first-order valence-electron chi connectivity index (χ1n) is 12.5. The van der Waals surface area contributed by atoms with E-state index < -0.39 is 5.41 Å². The number of ketones is 1. The second kappa shape index (κ2) is 8.70. The van der Waals surface area contributed by atoms with Crippen LogP contribution in [0.3, 0.4) is 0 Å². The van der Waals surface area contributed by atoms with E-state index in [1.807, 2.05) is 20.8 Å². The lowest BCUT2D eigenvalue weighted by Crippen LogP contribution is -2.52. The fraction of sp³-hybridized carbons (Fsp3) is 0.920. The van der Waals surface area contributed by atoms with Gasteiger partial charge in [-0.25, -0.2) is 0 Å². The zero-order valence-corrected chi connectivity index (χ0v) is 21.5. The molecule has 5 atom stereocenters. The third-order valence-corrected chi connectivity index (χ3v) is 8.40. The maximum atomic E-state index is 13.7. The van der Waals surface area contributed by atoms with E-state index in [9.17, 15) is 9.59 Å². The molecular formula is C25H45BN2O4. The predicted octanol–water partition coefficient (Wildman–Crippen LogP) is 4.11. The molecule has 1 heterocycles. The highest BCUT2D eigenvalue weighted by atomic mass is 16.7. The molecule has 3 rings (SSSR count). The van der Waals surface area contributed by atoms with Crippen LogP contribution in [0.2, 0.25) is 6.32 Å². The van der Waals surface area contributed by atoms with Crippen molar-refractivity contribution in [3.05, 3.63) is 0 Å². The summed E-state index contributed by atoms with van der Waals surface area (Å²) in [5, 5.41) is 3.22. The quantitative estimate of drug-likeness (QED) is 0.572. The molecule has 0 radical (unpaired) electrons. The Labute approximate surface area is 195 Å². The summed E-state index contributed by atoms with van der Waals surface area (Å²) in [6.45, 7) is 15.9. The van der Waals surface area contributed by atoms with E-state index in [2.05, 4.69) is 33.0 Å². The van der Waals surface area contributed by atoms with Crippen LogP contribution in [-0.4, -0.2) is 41.6 Å². The van der Waals surface area contributed by atoms with Crippen LogP contribution in [0.25, 0.3) is 0 Å². The number of fused-ring (bicyclic) bond motifs is 1. The molecule has 1 amide bonds. The third kappa shape index (κ3) is 5.10. The Hall–Kier alpha value is -0.915. The Morgan fingerprint density at radius 2 is 1.69 bits per heavy atom. The fourth-order valence-electron chi connectivity index (χ4n) is 6.49. The molecule has 6 nitrogen and oxygen atoms in total. The SMILES string of the molecule is CC(=O)CC1(C(=O)NC(C)(C)C)C[C@H]2CC(N)C[C@H]2C1CCCB1OC(C)(C)C(C)(C)O1. The molecule has 3 N–H and O–H groups in total. The number of carbonyl (C=O) groups excluding carboxylic acids is 2. The first kappa shape index (κ1) is 25.7. The highest BCUT2D eigenvalue weighted by molar-refractivity contribution is 6.45. The molecule has 0 bridgehead atoms. The summed E-state index contributed by atoms with van der Waals surface area (Å²) in [5.41, 5.74) is 4.70. The van der Waals surface area contributed by atoms with Crippen LogP contribution in [0.1, 0.15) is 93.9 Å². The minimum Gasteiger partial charge on any atom is -0.403 e. The van der Waals surface area contributed by atoms with Crippen molar-refractivity contribution in [2.24, 2.45) is 28.9 Å². The third-order valence-electron chi connectivity index (χ3n) is 8.40. The number of nitrogens with one attached hydrogen (secondary N) is 1. The number of hydrogen-bond donors (Lipinski definition) is 2. The van der Waals surface area contributed by atoms with Gasteiger partial charge in [-0.05, 0) is 105 Å². The van der Waals surface area contributed by atoms with Gasteiger partial charge in [0.2, 0.25) is 5.91 Å². The van der Waals surface area contributed by atoms with Crippen molar-refractivity contribution < 1.29 is 18.9 Å². The Bertz CT molecular complexity index is 716. The summed E-state index contributed by atoms with van der Waals surface area (Å²) in [4.78, 5) is 26.1. The van der Waals surface area contributed by atoms with Gasteiger partial charge in [0.15, 0.2) is 0 Å². The van der Waals surface area contributed by atoms with Gasteiger partial charge in [0.25, 0.3) is 0 Å². The molecule has 32 heavy (non-hydrogen) atoms. The molecule has 1 aliphatic heterocycles. The summed E-state index contributed by atoms with van der Waals surface area (Å²) in [6, 6.07) is 0.205. The maximum Gasteiger partial charge on any atom is 0.457 e. The van der Waals surface area contributed by atoms with Crippen LogP contribution in [0.15, 0.2) is 0 Å². The summed E-state index contributed by atoms with van der Waals surface area (Å²) >= 11 is 0. The van der Waals surface area contributed by atoms with Crippen LogP contribution in [0.5, 0.6) is 0 Å². The number of Topliss-reactive ketones (excluding diaryl/α,β-unsaturated/α-hetero) is 1. The molecule has 182 valence electrons. The normalized spacial score (nSPS) is 35.7. The maximum absolute atomic E-state index is 13.7. The minimum atomic E-state index is -0.634. The van der Waals surface area contributed by atoms with Crippen LogP contribution in [-0.2, 0) is 18.9 Å². The number of amides is 1. The monoisotopic (exact) mass is 448 g/mol. The minimum absolute atomic E-state index is 0.0452. The Morgan fingerprint density at radius 3 is 2.22 bits per heavy atom. The topological polar surface area (TPSA) is 90.7 Å². The fourth-order valence-corrected chi connectivity index (χ4v) is 6.49. The number of carbonyl (C=O) groups is 2. The summed E-state index contributed by atoms with van der Waals surface area (Å²) in [5.74, 6) is 1.14. The number of hydrogen-bond acceptors (Lipinski definition) is 5. The molecule has 0 aromatic heterocycles. The van der Waals surface area contributed by atoms with E-state index in [0.717, 1.165) is 38.4 Å². The lowest BCUT2D eigenvalue weighted by Gasteiger charge is -2.38. The smallest absolute Gasteiger partial charge is 0.403 e. The molecule has 2 saturated carbocycles. The molecule has 3 unspecified atom stereocenters. The first-order chi connectivity index (χ1) is 14.6. The van der Waals surface area contributed by atoms with Crippen molar-refractivity contribution in [3.63, 3.8) is 0 Å². The highest BCUT2D eigenvalue weighted by Crippen LogP contribution is 2.60. The first-order valence-corrected chi connectivity index (χ1v) is 12.5. The molecular weight excluding hydrogens is 403 g/mol. The summed E-state index contributed by atoms with van der Waals surface area (Å²) in [6.07, 6.45) is 5.59. The molecule has 0 aromatic rings. The van der Waals surface area contributed by atoms with Gasteiger partial charge in [-0.2, -0.15) is 0 Å². The average molecular weight is 448 g/mol. The van der Waals surface area contributed by atoms with E-state index in [4.69, 9.17) is 15.0 Å². The average Bonchev–Trinajstić information content (AvgIpc) is 3.13. The molecule has 0 aromatic carbocycles. The van der Waals surface area contributed by atoms with Gasteiger partial charge in [0.1, 0.15) is 5.78 Å². The summed E-state index contributed by atoms with van der Waals surface area (Å²) in [7, 11) is -0.228. The summed E-state index contributed by atoms with van der Waals surface area (Å²) < 4.78 is 12.4. The number of nitrogens with two attached hydrogens (primary N) is 1. The van der Waals surface area contributed by atoms with Gasteiger partial charge >= 0.3 is 7.12 Å². The van der Waals surface area contributed by atoms with Gasteiger partial charge in [0.05, 0.1) is 16.6 Å². The molecule has 1 saturated heterocycles. The van der Waals surface area contributed by atoms with E-state index in [1.54, 1.807) is 6.92 Å². The van der Waals surface area contributed by atoms with Crippen molar-refractivity contribution >= 4 is 18.8 Å². The van der Waals surface area contributed by atoms with E-state index in [0.29, 0.717) is 18.3 Å². The second-order valence-corrected chi connectivity index (χ2v) is 12.8. The molecule has 3 fully saturated rings. The lowest BCUT2D eigenvalue weighted by molar-refractivity contribution is -0.140. The van der Waals surface area contributed by atoms with Gasteiger partial charge in [-0.3, -0.25) is 9.59 Å². The van der Waals surface area contributed by atoms with E-state index in [-0.39, 0.29) is 47.5 Å². The van der Waals surface area contributed by atoms with Crippen molar-refractivity contribution in [3.8, 4) is 0 Å². The van der Waals surface area contributed by atoms with Gasteiger partial charge < -0.3 is 20.4 Å². The van der Waals surface area contributed by atoms with Crippen LogP contribution >= 0.6 is 0 Å². The lowest BCUT2D eigenvalue weighted by atomic mass is 9.67. The Morgan fingerprint density at radius 1 is 1.09 bits per heavy atom. The molecule has 7 heteroatoms. The number of rotatable bonds is 7. The highest BCUT2D eigenvalue weighted by Gasteiger charge is 2.60. The van der Waals surface area contributed by atoms with E-state index in [1.165, 1.54) is 0 Å². The second-order valence-electron chi connectivity index (χ2n) is 12.8. The Kier molecular flexibility index (Phi) is 6.99.